The van der Waals surface area contributed by atoms with Crippen LogP contribution in [0.3, 0.4) is 0 Å². The molecule has 2 aliphatic rings. The predicted octanol–water partition coefficient (Wildman–Crippen LogP) is 4.38. The number of likely N-dealkylation sites (tertiary alicyclic amines) is 1. The van der Waals surface area contributed by atoms with E-state index < -0.39 is 16.4 Å². The number of nitro groups is 1. The van der Waals surface area contributed by atoms with Gasteiger partial charge in [0.15, 0.2) is 0 Å². The first-order chi connectivity index (χ1) is 18.0. The van der Waals surface area contributed by atoms with E-state index in [4.69, 9.17) is 4.74 Å². The van der Waals surface area contributed by atoms with Gasteiger partial charge >= 0.3 is 6.09 Å². The number of hydrogen-bond acceptors (Lipinski definition) is 7. The quantitative estimate of drug-likeness (QED) is 0.405. The van der Waals surface area contributed by atoms with Gasteiger partial charge in [-0.15, -0.1) is 0 Å². The van der Waals surface area contributed by atoms with Gasteiger partial charge in [0.1, 0.15) is 11.4 Å². The molecule has 4 rings (SSSR count). The lowest BCUT2D eigenvalue weighted by Gasteiger charge is -2.33. The Labute approximate surface area is 221 Å². The number of carbonyl (C=O) groups excluding carboxylic acids is 3. The Morgan fingerprint density at radius 2 is 1.82 bits per heavy atom. The Kier molecular flexibility index (Phi) is 7.94. The van der Waals surface area contributed by atoms with Crippen LogP contribution < -0.4 is 10.6 Å². The molecule has 2 fully saturated rings. The van der Waals surface area contributed by atoms with Gasteiger partial charge in [0, 0.05) is 43.4 Å². The SMILES string of the molecule is CC(C)(C)OC(=O)N1CCC(CNC(=O)c2ccc(-c3ccnc(NC(=O)C4CC4)c3)c([N+](=O)[O-])c2)CC1. The zero-order chi connectivity index (χ0) is 27.4. The van der Waals surface area contributed by atoms with E-state index in [0.717, 1.165) is 25.7 Å². The predicted molar refractivity (Wildman–Crippen MR) is 141 cm³/mol. The van der Waals surface area contributed by atoms with Crippen molar-refractivity contribution in [1.29, 1.82) is 0 Å². The molecule has 0 spiro atoms. The van der Waals surface area contributed by atoms with Gasteiger partial charge in [-0.3, -0.25) is 19.7 Å². The van der Waals surface area contributed by atoms with Crippen LogP contribution in [0.2, 0.25) is 0 Å². The molecule has 1 aliphatic heterocycles. The molecule has 1 aromatic carbocycles. The fourth-order valence-electron chi connectivity index (χ4n) is 4.29. The van der Waals surface area contributed by atoms with Gasteiger partial charge < -0.3 is 20.3 Å². The van der Waals surface area contributed by atoms with Crippen LogP contribution in [0.25, 0.3) is 11.1 Å². The van der Waals surface area contributed by atoms with E-state index in [1.807, 2.05) is 20.8 Å². The minimum atomic E-state index is -0.550. The first-order valence-corrected chi connectivity index (χ1v) is 12.8. The minimum Gasteiger partial charge on any atom is -0.444 e. The zero-order valence-corrected chi connectivity index (χ0v) is 21.9. The molecule has 11 heteroatoms. The molecule has 38 heavy (non-hydrogen) atoms. The number of pyridine rings is 1. The largest absolute Gasteiger partial charge is 0.444 e. The smallest absolute Gasteiger partial charge is 0.410 e. The van der Waals surface area contributed by atoms with Gasteiger partial charge in [0.2, 0.25) is 5.91 Å². The second-order valence-electron chi connectivity index (χ2n) is 10.8. The molecule has 1 saturated carbocycles. The van der Waals surface area contributed by atoms with Crippen LogP contribution >= 0.6 is 0 Å². The number of benzene rings is 1. The number of ether oxygens (including phenoxy) is 1. The molecule has 0 unspecified atom stereocenters. The first-order valence-electron chi connectivity index (χ1n) is 12.8. The third kappa shape index (κ3) is 7.05. The van der Waals surface area contributed by atoms with E-state index >= 15 is 0 Å². The summed E-state index contributed by atoms with van der Waals surface area (Å²) in [5.41, 5.74) is 0.259. The molecule has 1 saturated heterocycles. The molecule has 0 radical (unpaired) electrons. The molecular weight excluding hydrogens is 490 g/mol. The maximum Gasteiger partial charge on any atom is 0.410 e. The molecule has 2 aromatic rings. The topological polar surface area (TPSA) is 144 Å². The Morgan fingerprint density at radius 3 is 2.45 bits per heavy atom. The molecule has 202 valence electrons. The summed E-state index contributed by atoms with van der Waals surface area (Å²) >= 11 is 0. The Bertz CT molecular complexity index is 1230. The molecule has 1 aliphatic carbocycles. The third-order valence-electron chi connectivity index (χ3n) is 6.54. The van der Waals surface area contributed by atoms with Gasteiger partial charge in [-0.1, -0.05) is 0 Å². The van der Waals surface area contributed by atoms with Gasteiger partial charge in [-0.2, -0.15) is 0 Å². The molecule has 0 bridgehead atoms. The van der Waals surface area contributed by atoms with Crippen molar-refractivity contribution in [2.45, 2.75) is 52.1 Å². The number of nitrogens with zero attached hydrogens (tertiary/aromatic N) is 3. The van der Waals surface area contributed by atoms with Crippen molar-refractivity contribution in [1.82, 2.24) is 15.2 Å². The van der Waals surface area contributed by atoms with Crippen LogP contribution in [0.4, 0.5) is 16.3 Å². The van der Waals surface area contributed by atoms with Crippen LogP contribution in [-0.2, 0) is 9.53 Å². The van der Waals surface area contributed by atoms with E-state index in [2.05, 4.69) is 15.6 Å². The number of aromatic nitrogens is 1. The van der Waals surface area contributed by atoms with Crippen molar-refractivity contribution in [3.05, 3.63) is 52.2 Å². The number of anilines is 1. The van der Waals surface area contributed by atoms with Crippen molar-refractivity contribution < 1.29 is 24.0 Å². The maximum atomic E-state index is 12.8. The molecule has 0 atom stereocenters. The third-order valence-corrected chi connectivity index (χ3v) is 6.54. The average molecular weight is 524 g/mol. The number of nitrogens with one attached hydrogen (secondary N) is 2. The highest BCUT2D eigenvalue weighted by Crippen LogP contribution is 2.33. The minimum absolute atomic E-state index is 0.00473. The van der Waals surface area contributed by atoms with Crippen LogP contribution in [-0.4, -0.2) is 58.0 Å². The number of hydrogen-bond donors (Lipinski definition) is 2. The lowest BCUT2D eigenvalue weighted by molar-refractivity contribution is -0.384. The van der Waals surface area contributed by atoms with E-state index in [0.29, 0.717) is 36.6 Å². The van der Waals surface area contributed by atoms with Crippen molar-refractivity contribution in [3.8, 4) is 11.1 Å². The fraction of sp³-hybridized carbons (Fsp3) is 0.481. The fourth-order valence-corrected chi connectivity index (χ4v) is 4.29. The van der Waals surface area contributed by atoms with Crippen LogP contribution in [0.15, 0.2) is 36.5 Å². The maximum absolute atomic E-state index is 12.8. The standard InChI is InChI=1S/C27H33N5O6/c1-27(2,3)38-26(35)31-12-9-17(10-13-31)16-29-24(33)20-6-7-21(22(14-20)32(36)37)19-8-11-28-23(15-19)30-25(34)18-4-5-18/h6-8,11,14-15,17-18H,4-5,9-10,12-13,16H2,1-3H3,(H,29,33)(H,28,30,34). The first kappa shape index (κ1) is 27.0. The summed E-state index contributed by atoms with van der Waals surface area (Å²) in [6.07, 6.45) is 4.30. The Morgan fingerprint density at radius 1 is 1.11 bits per heavy atom. The van der Waals surface area contributed by atoms with Gasteiger partial charge in [0.25, 0.3) is 11.6 Å². The summed E-state index contributed by atoms with van der Waals surface area (Å²) < 4.78 is 5.42. The van der Waals surface area contributed by atoms with Crippen LogP contribution in [0.5, 0.6) is 0 Å². The van der Waals surface area contributed by atoms with Crippen LogP contribution in [0.1, 0.15) is 56.8 Å². The van der Waals surface area contributed by atoms with Crippen molar-refractivity contribution in [3.63, 3.8) is 0 Å². The normalized spacial score (nSPS) is 16.0. The number of rotatable bonds is 7. The summed E-state index contributed by atoms with van der Waals surface area (Å²) in [6.45, 7) is 6.98. The average Bonchev–Trinajstić information content (AvgIpc) is 3.72. The summed E-state index contributed by atoms with van der Waals surface area (Å²) in [5.74, 6) is 0.0133. The Balaban J connectivity index is 1.37. The molecule has 1 aromatic heterocycles. The van der Waals surface area contributed by atoms with Crippen molar-refractivity contribution in [2.24, 2.45) is 11.8 Å². The summed E-state index contributed by atoms with van der Waals surface area (Å²) in [6, 6.07) is 7.56. The van der Waals surface area contributed by atoms with Gasteiger partial charge in [-0.05, 0) is 82.2 Å². The van der Waals surface area contributed by atoms with Crippen molar-refractivity contribution in [2.75, 3.05) is 25.0 Å². The second kappa shape index (κ2) is 11.2. The number of piperidine rings is 1. The molecule has 2 N–H and O–H groups in total. The zero-order valence-electron chi connectivity index (χ0n) is 21.9. The summed E-state index contributed by atoms with van der Waals surface area (Å²) in [5, 5.41) is 17.5. The molecule has 11 nitrogen and oxygen atoms in total. The molecule has 3 amide bonds. The summed E-state index contributed by atoms with van der Waals surface area (Å²) in [4.78, 5) is 54.3. The van der Waals surface area contributed by atoms with Crippen molar-refractivity contribution >= 4 is 29.4 Å². The number of carbonyl (C=O) groups is 3. The lowest BCUT2D eigenvalue weighted by atomic mass is 9.96. The lowest BCUT2D eigenvalue weighted by Crippen LogP contribution is -2.43. The summed E-state index contributed by atoms with van der Waals surface area (Å²) in [7, 11) is 0. The second-order valence-corrected chi connectivity index (χ2v) is 10.8. The highest BCUT2D eigenvalue weighted by molar-refractivity contribution is 5.96. The van der Waals surface area contributed by atoms with E-state index in [-0.39, 0.29) is 35.1 Å². The molecule has 2 heterocycles. The Hall–Kier alpha value is -4.02. The van der Waals surface area contributed by atoms with E-state index in [1.54, 1.807) is 23.1 Å². The highest BCUT2D eigenvalue weighted by Gasteiger charge is 2.30. The number of amides is 3. The monoisotopic (exact) mass is 523 g/mol. The van der Waals surface area contributed by atoms with E-state index in [1.165, 1.54) is 18.3 Å². The molecular formula is C27H33N5O6. The van der Waals surface area contributed by atoms with Gasteiger partial charge in [-0.25, -0.2) is 9.78 Å². The van der Waals surface area contributed by atoms with Gasteiger partial charge in [0.05, 0.1) is 10.5 Å². The highest BCUT2D eigenvalue weighted by atomic mass is 16.6. The number of nitro benzene ring substituents is 1. The van der Waals surface area contributed by atoms with E-state index in [9.17, 15) is 24.5 Å². The van der Waals surface area contributed by atoms with Crippen LogP contribution in [0, 0.1) is 22.0 Å².